The van der Waals surface area contributed by atoms with Crippen molar-refractivity contribution in [2.75, 3.05) is 26.2 Å². The molecule has 1 aromatic carbocycles. The maximum absolute atomic E-state index is 9.07. The van der Waals surface area contributed by atoms with Gasteiger partial charge in [-0.15, -0.1) is 0 Å². The highest BCUT2D eigenvalue weighted by Crippen LogP contribution is 2.39. The van der Waals surface area contributed by atoms with Crippen molar-refractivity contribution in [2.24, 2.45) is 0 Å². The summed E-state index contributed by atoms with van der Waals surface area (Å²) in [6.07, 6.45) is 0.347. The third-order valence-electron chi connectivity index (χ3n) is 3.29. The number of hydrogen-bond acceptors (Lipinski definition) is 3. The van der Waals surface area contributed by atoms with E-state index in [1.54, 1.807) is 12.1 Å². The van der Waals surface area contributed by atoms with Gasteiger partial charge in [0.1, 0.15) is 0 Å². The van der Waals surface area contributed by atoms with Crippen LogP contribution in [-0.4, -0.2) is 31.1 Å². The summed E-state index contributed by atoms with van der Waals surface area (Å²) in [4.78, 5) is 2.23. The molecule has 1 aromatic rings. The topological polar surface area (TPSA) is 39.1 Å². The quantitative estimate of drug-likeness (QED) is 0.867. The molecule has 1 N–H and O–H groups in total. The van der Waals surface area contributed by atoms with E-state index >= 15 is 0 Å². The molecule has 0 saturated carbocycles. The molecule has 6 heteroatoms. The van der Waals surface area contributed by atoms with E-state index in [4.69, 9.17) is 40.1 Å². The Hall–Kier alpha value is -0.500. The zero-order valence-corrected chi connectivity index (χ0v) is 12.6. The largest absolute Gasteiger partial charge is 0.314 e. The average molecular weight is 319 g/mol. The highest BCUT2D eigenvalue weighted by Gasteiger charge is 2.26. The number of nitriles is 1. The lowest BCUT2D eigenvalue weighted by atomic mass is 10.0. The lowest BCUT2D eigenvalue weighted by Gasteiger charge is -2.35. The van der Waals surface area contributed by atoms with E-state index in [0.29, 0.717) is 21.5 Å². The summed E-state index contributed by atoms with van der Waals surface area (Å²) in [5, 5.41) is 13.8. The van der Waals surface area contributed by atoms with Gasteiger partial charge in [-0.25, -0.2) is 0 Å². The highest BCUT2D eigenvalue weighted by molar-refractivity contribution is 6.44. The lowest BCUT2D eigenvalue weighted by molar-refractivity contribution is 0.176. The monoisotopic (exact) mass is 317 g/mol. The molecule has 0 aromatic heterocycles. The molecule has 0 unspecified atom stereocenters. The van der Waals surface area contributed by atoms with Crippen LogP contribution >= 0.6 is 34.8 Å². The molecule has 0 amide bonds. The van der Waals surface area contributed by atoms with Crippen LogP contribution in [0, 0.1) is 11.3 Å². The summed E-state index contributed by atoms with van der Waals surface area (Å²) < 4.78 is 0. The molecule has 0 radical (unpaired) electrons. The lowest BCUT2D eigenvalue weighted by Crippen LogP contribution is -2.45. The molecule has 1 aliphatic heterocycles. The second-order valence-corrected chi connectivity index (χ2v) is 5.61. The van der Waals surface area contributed by atoms with Gasteiger partial charge in [0.05, 0.1) is 28.6 Å². The summed E-state index contributed by atoms with van der Waals surface area (Å²) in [5.74, 6) is 0. The first-order valence-electron chi connectivity index (χ1n) is 6.10. The van der Waals surface area contributed by atoms with E-state index in [1.807, 2.05) is 0 Å². The third kappa shape index (κ3) is 3.34. The van der Waals surface area contributed by atoms with Crippen LogP contribution in [-0.2, 0) is 0 Å². The molecule has 2 rings (SSSR count). The zero-order chi connectivity index (χ0) is 13.8. The molecule has 19 heavy (non-hydrogen) atoms. The molecule has 0 spiro atoms. The molecule has 1 heterocycles. The van der Waals surface area contributed by atoms with Crippen molar-refractivity contribution in [1.29, 1.82) is 5.26 Å². The molecular formula is C13H14Cl3N3. The van der Waals surface area contributed by atoms with Crippen LogP contribution in [0.15, 0.2) is 12.1 Å². The maximum atomic E-state index is 9.07. The molecule has 0 aliphatic carbocycles. The van der Waals surface area contributed by atoms with Crippen molar-refractivity contribution in [1.82, 2.24) is 10.2 Å². The van der Waals surface area contributed by atoms with E-state index < -0.39 is 0 Å². The van der Waals surface area contributed by atoms with Gasteiger partial charge in [-0.1, -0.05) is 34.8 Å². The molecule has 0 bridgehead atoms. The minimum atomic E-state index is -0.106. The first-order chi connectivity index (χ1) is 9.15. The Kier molecular flexibility index (Phi) is 5.32. The van der Waals surface area contributed by atoms with Gasteiger partial charge in [0.2, 0.25) is 0 Å². The van der Waals surface area contributed by atoms with Gasteiger partial charge in [-0.05, 0) is 12.1 Å². The van der Waals surface area contributed by atoms with E-state index in [0.717, 1.165) is 31.7 Å². The van der Waals surface area contributed by atoms with E-state index in [1.165, 1.54) is 0 Å². The maximum Gasteiger partial charge on any atom is 0.0655 e. The Morgan fingerprint density at radius 3 is 2.47 bits per heavy atom. The minimum absolute atomic E-state index is 0.106. The van der Waals surface area contributed by atoms with Crippen LogP contribution in [0.2, 0.25) is 15.1 Å². The SMILES string of the molecule is N#CC[C@@H](c1c(Cl)ccc(Cl)c1Cl)N1CCNCC1. The molecule has 102 valence electrons. The Bertz CT molecular complexity index is 493. The Balaban J connectivity index is 2.38. The Morgan fingerprint density at radius 1 is 1.21 bits per heavy atom. The molecule has 1 saturated heterocycles. The molecule has 1 aliphatic rings. The fourth-order valence-electron chi connectivity index (χ4n) is 2.34. The number of rotatable bonds is 3. The first kappa shape index (κ1) is 14.9. The molecule has 1 fully saturated rings. The van der Waals surface area contributed by atoms with Gasteiger partial charge in [0.25, 0.3) is 0 Å². The van der Waals surface area contributed by atoms with Crippen molar-refractivity contribution in [3.63, 3.8) is 0 Å². The molecule has 1 atom stereocenters. The Morgan fingerprint density at radius 2 is 1.84 bits per heavy atom. The van der Waals surface area contributed by atoms with Crippen LogP contribution in [0.1, 0.15) is 18.0 Å². The summed E-state index contributed by atoms with van der Waals surface area (Å²) >= 11 is 18.6. The van der Waals surface area contributed by atoms with Crippen LogP contribution in [0.3, 0.4) is 0 Å². The number of nitrogens with one attached hydrogen (secondary N) is 1. The summed E-state index contributed by atoms with van der Waals surface area (Å²) in [6, 6.07) is 5.52. The number of halogens is 3. The second-order valence-electron chi connectivity index (χ2n) is 4.42. The molecular weight excluding hydrogens is 305 g/mol. The predicted molar refractivity (Wildman–Crippen MR) is 78.9 cm³/mol. The van der Waals surface area contributed by atoms with Crippen molar-refractivity contribution >= 4 is 34.8 Å². The fourth-order valence-corrected chi connectivity index (χ4v) is 3.13. The summed E-state index contributed by atoms with van der Waals surface area (Å²) in [7, 11) is 0. The normalized spacial score (nSPS) is 18.0. The van der Waals surface area contributed by atoms with Gasteiger partial charge in [-0.2, -0.15) is 5.26 Å². The van der Waals surface area contributed by atoms with Crippen molar-refractivity contribution in [2.45, 2.75) is 12.5 Å². The van der Waals surface area contributed by atoms with Gasteiger partial charge in [0, 0.05) is 36.8 Å². The Labute approximate surface area is 128 Å². The number of benzene rings is 1. The second kappa shape index (κ2) is 6.78. The van der Waals surface area contributed by atoms with Gasteiger partial charge >= 0.3 is 0 Å². The standard InChI is InChI=1S/C13H14Cl3N3/c14-9-1-2-10(15)13(16)12(9)11(3-4-17)19-7-5-18-6-8-19/h1-2,11,18H,3,5-8H2/t11-/m0/s1. The van der Waals surface area contributed by atoms with Gasteiger partial charge in [-0.3, -0.25) is 4.90 Å². The minimum Gasteiger partial charge on any atom is -0.314 e. The predicted octanol–water partition coefficient (Wildman–Crippen LogP) is 3.51. The third-order valence-corrected chi connectivity index (χ3v) is 4.44. The van der Waals surface area contributed by atoms with E-state index in [-0.39, 0.29) is 6.04 Å². The van der Waals surface area contributed by atoms with Crippen LogP contribution in [0.5, 0.6) is 0 Å². The van der Waals surface area contributed by atoms with Gasteiger partial charge < -0.3 is 5.32 Å². The van der Waals surface area contributed by atoms with Crippen LogP contribution in [0.25, 0.3) is 0 Å². The van der Waals surface area contributed by atoms with E-state index in [9.17, 15) is 0 Å². The molecule has 3 nitrogen and oxygen atoms in total. The number of piperazine rings is 1. The number of hydrogen-bond donors (Lipinski definition) is 1. The number of nitrogens with zero attached hydrogens (tertiary/aromatic N) is 2. The van der Waals surface area contributed by atoms with Crippen molar-refractivity contribution < 1.29 is 0 Å². The summed E-state index contributed by atoms with van der Waals surface area (Å²) in [6.45, 7) is 3.53. The fraction of sp³-hybridized carbons (Fsp3) is 0.462. The first-order valence-corrected chi connectivity index (χ1v) is 7.23. The highest BCUT2D eigenvalue weighted by atomic mass is 35.5. The van der Waals surface area contributed by atoms with Crippen LogP contribution < -0.4 is 5.32 Å². The summed E-state index contributed by atoms with van der Waals surface area (Å²) in [5.41, 5.74) is 0.763. The average Bonchev–Trinajstić information content (AvgIpc) is 2.43. The van der Waals surface area contributed by atoms with E-state index in [2.05, 4.69) is 16.3 Å². The van der Waals surface area contributed by atoms with Crippen molar-refractivity contribution in [3.05, 3.63) is 32.8 Å². The van der Waals surface area contributed by atoms with Gasteiger partial charge in [0.15, 0.2) is 0 Å². The van der Waals surface area contributed by atoms with Crippen LogP contribution in [0.4, 0.5) is 0 Å². The smallest absolute Gasteiger partial charge is 0.0655 e. The zero-order valence-electron chi connectivity index (χ0n) is 10.3. The van der Waals surface area contributed by atoms with Crippen molar-refractivity contribution in [3.8, 4) is 6.07 Å².